The monoisotopic (exact) mass is 575 g/mol. The molecule has 9 heteroatoms. The zero-order valence-electron chi connectivity index (χ0n) is 20.4. The molecule has 2 aromatic carbocycles. The van der Waals surface area contributed by atoms with Crippen LogP contribution in [-0.2, 0) is 4.79 Å². The van der Waals surface area contributed by atoms with Crippen molar-refractivity contribution in [1.82, 2.24) is 14.9 Å². The molecule has 0 bridgehead atoms. The predicted octanol–water partition coefficient (Wildman–Crippen LogP) is 6.17. The number of aromatic nitrogens is 2. The van der Waals surface area contributed by atoms with Gasteiger partial charge in [0.2, 0.25) is 5.91 Å². The minimum absolute atomic E-state index is 0.0793. The molecule has 2 atom stereocenters. The summed E-state index contributed by atoms with van der Waals surface area (Å²) in [5.74, 6) is 0.480. The number of nitrogens with zero attached hydrogens (tertiary/aromatic N) is 3. The average molecular weight is 577 g/mol. The van der Waals surface area contributed by atoms with E-state index in [0.717, 1.165) is 27.2 Å². The lowest BCUT2D eigenvalue weighted by atomic mass is 10.0. The second-order valence-corrected chi connectivity index (χ2v) is 9.87. The van der Waals surface area contributed by atoms with E-state index in [1.165, 1.54) is 0 Å². The smallest absolute Gasteiger partial charge is 0.224 e. The van der Waals surface area contributed by atoms with E-state index in [2.05, 4.69) is 65.4 Å². The van der Waals surface area contributed by atoms with Gasteiger partial charge in [0.15, 0.2) is 5.11 Å². The Labute approximate surface area is 229 Å². The van der Waals surface area contributed by atoms with Crippen molar-refractivity contribution in [3.63, 3.8) is 0 Å². The van der Waals surface area contributed by atoms with Crippen LogP contribution in [0.3, 0.4) is 0 Å². The molecular weight excluding hydrogens is 550 g/mol. The third kappa shape index (κ3) is 4.97. The van der Waals surface area contributed by atoms with Crippen LogP contribution >= 0.6 is 28.1 Å². The molecular formula is C28H26BrN5O2S. The highest BCUT2D eigenvalue weighted by atomic mass is 79.9. The van der Waals surface area contributed by atoms with E-state index in [4.69, 9.17) is 17.0 Å². The molecule has 7 nitrogen and oxygen atoms in total. The molecule has 0 saturated carbocycles. The molecule has 188 valence electrons. The van der Waals surface area contributed by atoms with Gasteiger partial charge in [-0.05, 0) is 66.8 Å². The quantitative estimate of drug-likeness (QED) is 0.257. The number of carbonyl (C=O) groups excluding carboxylic acids is 1. The summed E-state index contributed by atoms with van der Waals surface area (Å²) in [6.45, 7) is 1.81. The van der Waals surface area contributed by atoms with Crippen molar-refractivity contribution < 1.29 is 9.53 Å². The summed E-state index contributed by atoms with van der Waals surface area (Å²) >= 11 is 9.49. The van der Waals surface area contributed by atoms with E-state index in [1.807, 2.05) is 61.5 Å². The van der Waals surface area contributed by atoms with E-state index < -0.39 is 0 Å². The van der Waals surface area contributed by atoms with Crippen molar-refractivity contribution in [1.29, 1.82) is 0 Å². The van der Waals surface area contributed by atoms with Crippen LogP contribution in [0.2, 0.25) is 0 Å². The van der Waals surface area contributed by atoms with Gasteiger partial charge in [0.1, 0.15) is 11.8 Å². The number of halogens is 1. The number of ether oxygens (including phenoxy) is 1. The summed E-state index contributed by atoms with van der Waals surface area (Å²) in [6.07, 6.45) is 4.23. The van der Waals surface area contributed by atoms with Crippen molar-refractivity contribution in [2.75, 3.05) is 17.3 Å². The Bertz CT molecular complexity index is 1440. The molecule has 2 aromatic heterocycles. The van der Waals surface area contributed by atoms with Gasteiger partial charge in [-0.25, -0.2) is 0 Å². The summed E-state index contributed by atoms with van der Waals surface area (Å²) in [5.41, 5.74) is 4.42. The minimum atomic E-state index is -0.211. The van der Waals surface area contributed by atoms with Crippen molar-refractivity contribution >= 4 is 50.5 Å². The molecule has 3 heterocycles. The lowest BCUT2D eigenvalue weighted by Gasteiger charge is -2.29. The second kappa shape index (κ2) is 10.7. The number of thiocarbonyl (C=S) groups is 1. The first-order valence-corrected chi connectivity index (χ1v) is 13.1. The number of carbonyl (C=O) groups is 1. The minimum Gasteiger partial charge on any atom is -0.494 e. The van der Waals surface area contributed by atoms with E-state index in [1.54, 1.807) is 13.3 Å². The van der Waals surface area contributed by atoms with Crippen LogP contribution in [0.4, 0.5) is 11.4 Å². The van der Waals surface area contributed by atoms with Gasteiger partial charge >= 0.3 is 0 Å². The maximum absolute atomic E-state index is 12.0. The second-order valence-electron chi connectivity index (χ2n) is 8.57. The standard InChI is InChI=1S/C28H26BrN5O2S/c1-3-25(35)31-21-13-12-20(17-24(21)36-2)34-27(26(32-28(34)37)22-10-4-5-14-30-22)23-11-7-15-33(23)19-9-6-8-18(29)16-19/h4-17,26-27H,3H2,1-2H3,(H,31,35)(H,32,37)/t26-,27+/m1/s1. The fourth-order valence-electron chi connectivity index (χ4n) is 4.60. The Balaban J connectivity index is 1.63. The van der Waals surface area contributed by atoms with Crippen molar-refractivity contribution in [3.8, 4) is 11.4 Å². The van der Waals surface area contributed by atoms with Gasteiger partial charge in [-0.15, -0.1) is 0 Å². The number of anilines is 2. The summed E-state index contributed by atoms with van der Waals surface area (Å²) < 4.78 is 8.81. The molecule has 37 heavy (non-hydrogen) atoms. The highest BCUT2D eigenvalue weighted by molar-refractivity contribution is 9.10. The molecule has 1 fully saturated rings. The van der Waals surface area contributed by atoms with Crippen LogP contribution in [0.25, 0.3) is 5.69 Å². The first-order chi connectivity index (χ1) is 18.0. The Morgan fingerprint density at radius 3 is 2.70 bits per heavy atom. The lowest BCUT2D eigenvalue weighted by Crippen LogP contribution is -2.30. The number of pyridine rings is 1. The highest BCUT2D eigenvalue weighted by Gasteiger charge is 2.42. The Kier molecular flexibility index (Phi) is 7.25. The number of benzene rings is 2. The molecule has 0 aliphatic carbocycles. The number of nitrogens with one attached hydrogen (secondary N) is 2. The van der Waals surface area contributed by atoms with Gasteiger partial charge in [0.25, 0.3) is 0 Å². The van der Waals surface area contributed by atoms with Crippen molar-refractivity contribution in [2.24, 2.45) is 0 Å². The Hall–Kier alpha value is -3.69. The lowest BCUT2D eigenvalue weighted by molar-refractivity contribution is -0.115. The van der Waals surface area contributed by atoms with Gasteiger partial charge < -0.3 is 24.8 Å². The maximum Gasteiger partial charge on any atom is 0.224 e. The third-order valence-corrected chi connectivity index (χ3v) is 7.13. The summed E-state index contributed by atoms with van der Waals surface area (Å²) in [6, 6.07) is 23.5. The highest BCUT2D eigenvalue weighted by Crippen LogP contribution is 2.44. The third-order valence-electron chi connectivity index (χ3n) is 6.33. The summed E-state index contributed by atoms with van der Waals surface area (Å²) in [5, 5.41) is 6.98. The SMILES string of the molecule is CCC(=O)Nc1ccc(N2C(=S)N[C@H](c3ccccn3)[C@@H]2c2cccn2-c2cccc(Br)c2)cc1OC. The molecule has 5 rings (SSSR count). The first kappa shape index (κ1) is 25.0. The molecule has 1 saturated heterocycles. The predicted molar refractivity (Wildman–Crippen MR) is 153 cm³/mol. The summed E-state index contributed by atoms with van der Waals surface area (Å²) in [7, 11) is 1.59. The average Bonchev–Trinajstić information content (AvgIpc) is 3.53. The molecule has 0 unspecified atom stereocenters. The van der Waals surface area contributed by atoms with E-state index in [9.17, 15) is 4.79 Å². The number of amides is 1. The maximum atomic E-state index is 12.0. The Morgan fingerprint density at radius 1 is 1.11 bits per heavy atom. The summed E-state index contributed by atoms with van der Waals surface area (Å²) in [4.78, 5) is 18.8. The Morgan fingerprint density at radius 2 is 1.97 bits per heavy atom. The van der Waals surface area contributed by atoms with Gasteiger partial charge in [-0.1, -0.05) is 35.0 Å². The molecule has 1 aliphatic heterocycles. The zero-order chi connectivity index (χ0) is 25.9. The topological polar surface area (TPSA) is 71.4 Å². The fraction of sp³-hybridized carbons (Fsp3) is 0.179. The molecule has 1 aliphatic rings. The molecule has 1 amide bonds. The van der Waals surface area contributed by atoms with Crippen LogP contribution < -0.4 is 20.3 Å². The largest absolute Gasteiger partial charge is 0.494 e. The van der Waals surface area contributed by atoms with Gasteiger partial charge in [0, 0.05) is 46.4 Å². The van der Waals surface area contributed by atoms with E-state index in [0.29, 0.717) is 23.0 Å². The van der Waals surface area contributed by atoms with Crippen LogP contribution in [0.5, 0.6) is 5.75 Å². The van der Waals surface area contributed by atoms with Crippen molar-refractivity contribution in [3.05, 3.63) is 101 Å². The van der Waals surface area contributed by atoms with Crippen molar-refractivity contribution in [2.45, 2.75) is 25.4 Å². The number of hydrogen-bond donors (Lipinski definition) is 2. The van der Waals surface area contributed by atoms with Crippen LogP contribution in [-0.4, -0.2) is 27.7 Å². The zero-order valence-corrected chi connectivity index (χ0v) is 22.8. The molecule has 4 aromatic rings. The van der Waals surface area contributed by atoms with Gasteiger partial charge in [0.05, 0.1) is 24.5 Å². The van der Waals surface area contributed by atoms with E-state index in [-0.39, 0.29) is 18.0 Å². The van der Waals surface area contributed by atoms with E-state index >= 15 is 0 Å². The first-order valence-electron chi connectivity index (χ1n) is 11.9. The van der Waals surface area contributed by atoms with Gasteiger partial charge in [-0.3, -0.25) is 9.78 Å². The van der Waals surface area contributed by atoms with Crippen LogP contribution in [0.15, 0.2) is 89.7 Å². The fourth-order valence-corrected chi connectivity index (χ4v) is 5.33. The number of hydrogen-bond acceptors (Lipinski definition) is 4. The molecule has 0 spiro atoms. The number of methoxy groups -OCH3 is 1. The number of rotatable bonds is 7. The molecule has 2 N–H and O–H groups in total. The molecule has 0 radical (unpaired) electrons. The van der Waals surface area contributed by atoms with Crippen LogP contribution in [0, 0.1) is 0 Å². The normalized spacial score (nSPS) is 16.9. The van der Waals surface area contributed by atoms with Crippen LogP contribution in [0.1, 0.15) is 36.8 Å². The van der Waals surface area contributed by atoms with Gasteiger partial charge in [-0.2, -0.15) is 0 Å².